The maximum absolute atomic E-state index is 11.3. The molecule has 0 bridgehead atoms. The van der Waals surface area contributed by atoms with Gasteiger partial charge in [-0.3, -0.25) is 4.79 Å². The molecule has 3 rings (SSSR count). The summed E-state index contributed by atoms with van der Waals surface area (Å²) in [4.78, 5) is 15.9. The van der Waals surface area contributed by atoms with Crippen LogP contribution in [0, 0.1) is 12.3 Å². The van der Waals surface area contributed by atoms with Crippen molar-refractivity contribution in [3.8, 4) is 18.1 Å². The number of hydrogen-bond acceptors (Lipinski definition) is 4. The average molecular weight is 349 g/mol. The van der Waals surface area contributed by atoms with Crippen molar-refractivity contribution in [1.82, 2.24) is 4.98 Å². The number of thiazole rings is 1. The van der Waals surface area contributed by atoms with Crippen LogP contribution in [0.2, 0.25) is 0 Å². The number of ether oxygens (including phenoxy) is 1. The molecule has 1 heterocycles. The predicted molar refractivity (Wildman–Crippen MR) is 101 cm³/mol. The van der Waals surface area contributed by atoms with E-state index in [1.54, 1.807) is 12.1 Å². The van der Waals surface area contributed by atoms with Gasteiger partial charge in [0, 0.05) is 5.56 Å². The molecule has 5 heteroatoms. The molecule has 0 fully saturated rings. The number of aromatic nitrogens is 1. The van der Waals surface area contributed by atoms with Gasteiger partial charge in [-0.05, 0) is 29.8 Å². The zero-order valence-electron chi connectivity index (χ0n) is 13.3. The maximum atomic E-state index is 11.3. The molecule has 0 spiro atoms. The topological polar surface area (TPSA) is 59.4 Å². The Kier molecular flexibility index (Phi) is 5.12. The summed E-state index contributed by atoms with van der Waals surface area (Å²) >= 11 is 1.47. The standard InChI is InChI=1S/C20H15NO3S/c1-2-11-24-17-9-5-3-7-14(17)12-15(13-19(22)23)20-21-16-8-4-6-10-18(16)25-20/h1,3-10,12H,11,13H2,(H,22,23)/b15-12-. The second-order valence-corrected chi connectivity index (χ2v) is 6.29. The molecule has 0 saturated heterocycles. The monoisotopic (exact) mass is 349 g/mol. The van der Waals surface area contributed by atoms with Crippen molar-refractivity contribution < 1.29 is 14.6 Å². The number of aliphatic carboxylic acids is 1. The lowest BCUT2D eigenvalue weighted by Crippen LogP contribution is -1.98. The molecule has 0 atom stereocenters. The molecule has 25 heavy (non-hydrogen) atoms. The molecular formula is C20H15NO3S. The zero-order chi connectivity index (χ0) is 17.6. The molecule has 0 saturated carbocycles. The van der Waals surface area contributed by atoms with Gasteiger partial charge in [0.1, 0.15) is 17.4 Å². The molecule has 0 aliphatic carbocycles. The molecule has 2 aromatic carbocycles. The van der Waals surface area contributed by atoms with Crippen LogP contribution in [0.3, 0.4) is 0 Å². The molecular weight excluding hydrogens is 334 g/mol. The van der Waals surface area contributed by atoms with Crippen LogP contribution < -0.4 is 4.74 Å². The second kappa shape index (κ2) is 7.65. The van der Waals surface area contributed by atoms with E-state index in [9.17, 15) is 9.90 Å². The predicted octanol–water partition coefficient (Wildman–Crippen LogP) is 4.32. The summed E-state index contributed by atoms with van der Waals surface area (Å²) in [6, 6.07) is 15.1. The number of terminal acetylenes is 1. The first-order valence-corrected chi connectivity index (χ1v) is 8.42. The zero-order valence-corrected chi connectivity index (χ0v) is 14.1. The number of carboxylic acids is 1. The molecule has 1 aromatic heterocycles. The molecule has 0 amide bonds. The van der Waals surface area contributed by atoms with Crippen molar-refractivity contribution in [2.45, 2.75) is 6.42 Å². The summed E-state index contributed by atoms with van der Waals surface area (Å²) in [5.41, 5.74) is 2.26. The smallest absolute Gasteiger partial charge is 0.307 e. The number of para-hydroxylation sites is 2. The van der Waals surface area contributed by atoms with Gasteiger partial charge in [0.25, 0.3) is 0 Å². The van der Waals surface area contributed by atoms with E-state index < -0.39 is 5.97 Å². The molecule has 1 N–H and O–H groups in total. The number of rotatable bonds is 6. The van der Waals surface area contributed by atoms with Gasteiger partial charge in [-0.15, -0.1) is 17.8 Å². The lowest BCUT2D eigenvalue weighted by molar-refractivity contribution is -0.135. The van der Waals surface area contributed by atoms with Gasteiger partial charge >= 0.3 is 5.97 Å². The number of nitrogens with zero attached hydrogens (tertiary/aromatic N) is 1. The summed E-state index contributed by atoms with van der Waals surface area (Å²) in [5, 5.41) is 9.98. The molecule has 0 unspecified atom stereocenters. The lowest BCUT2D eigenvalue weighted by Gasteiger charge is -2.08. The Morgan fingerprint density at radius 1 is 1.24 bits per heavy atom. The Morgan fingerprint density at radius 2 is 2.00 bits per heavy atom. The summed E-state index contributed by atoms with van der Waals surface area (Å²) < 4.78 is 6.56. The Hall–Kier alpha value is -3.10. The Bertz CT molecular complexity index is 949. The molecule has 0 aliphatic rings. The number of carbonyl (C=O) groups is 1. The third-order valence-corrected chi connectivity index (χ3v) is 4.58. The van der Waals surface area contributed by atoms with Gasteiger partial charge in [-0.25, -0.2) is 4.98 Å². The van der Waals surface area contributed by atoms with Gasteiger partial charge < -0.3 is 9.84 Å². The van der Waals surface area contributed by atoms with Crippen LogP contribution in [-0.4, -0.2) is 22.7 Å². The largest absolute Gasteiger partial charge is 0.481 e. The maximum Gasteiger partial charge on any atom is 0.307 e. The van der Waals surface area contributed by atoms with Gasteiger partial charge in [0.15, 0.2) is 0 Å². The summed E-state index contributed by atoms with van der Waals surface area (Å²) in [6.07, 6.45) is 6.93. The third kappa shape index (κ3) is 4.06. The van der Waals surface area contributed by atoms with Crippen molar-refractivity contribution in [2.75, 3.05) is 6.61 Å². The Labute approximate surface area is 149 Å². The van der Waals surface area contributed by atoms with Crippen LogP contribution >= 0.6 is 11.3 Å². The molecule has 124 valence electrons. The lowest BCUT2D eigenvalue weighted by atomic mass is 10.1. The molecule has 4 nitrogen and oxygen atoms in total. The van der Waals surface area contributed by atoms with E-state index in [1.807, 2.05) is 42.5 Å². The van der Waals surface area contributed by atoms with Crippen LogP contribution in [0.4, 0.5) is 0 Å². The fourth-order valence-corrected chi connectivity index (χ4v) is 3.38. The van der Waals surface area contributed by atoms with Gasteiger partial charge in [0.2, 0.25) is 0 Å². The van der Waals surface area contributed by atoms with Crippen molar-refractivity contribution in [3.05, 3.63) is 59.1 Å². The third-order valence-electron chi connectivity index (χ3n) is 3.47. The quantitative estimate of drug-likeness (QED) is 0.673. The highest BCUT2D eigenvalue weighted by Crippen LogP contribution is 2.32. The van der Waals surface area contributed by atoms with E-state index in [0.717, 1.165) is 15.8 Å². The second-order valence-electron chi connectivity index (χ2n) is 5.26. The number of fused-ring (bicyclic) bond motifs is 1. The minimum absolute atomic E-state index is 0.122. The van der Waals surface area contributed by atoms with E-state index >= 15 is 0 Å². The Balaban J connectivity index is 2.05. The van der Waals surface area contributed by atoms with Crippen molar-refractivity contribution in [3.63, 3.8) is 0 Å². The van der Waals surface area contributed by atoms with Crippen LogP contribution in [0.1, 0.15) is 17.0 Å². The Morgan fingerprint density at radius 3 is 2.76 bits per heavy atom. The number of carboxylic acid groups (broad SMARTS) is 1. The van der Waals surface area contributed by atoms with Crippen LogP contribution in [0.15, 0.2) is 48.5 Å². The number of hydrogen-bond donors (Lipinski definition) is 1. The van der Waals surface area contributed by atoms with E-state index in [1.165, 1.54) is 11.3 Å². The highest BCUT2D eigenvalue weighted by Gasteiger charge is 2.13. The fourth-order valence-electron chi connectivity index (χ4n) is 2.40. The first-order chi connectivity index (χ1) is 12.2. The minimum atomic E-state index is -0.910. The fraction of sp³-hybridized carbons (Fsp3) is 0.100. The molecule has 0 aliphatic heterocycles. The van der Waals surface area contributed by atoms with Crippen LogP contribution in [-0.2, 0) is 4.79 Å². The van der Waals surface area contributed by atoms with Gasteiger partial charge in [0.05, 0.1) is 16.6 Å². The highest BCUT2D eigenvalue weighted by atomic mass is 32.1. The van der Waals surface area contributed by atoms with Crippen molar-refractivity contribution >= 4 is 39.2 Å². The number of benzene rings is 2. The van der Waals surface area contributed by atoms with E-state index in [0.29, 0.717) is 16.3 Å². The van der Waals surface area contributed by atoms with Gasteiger partial charge in [-0.2, -0.15) is 0 Å². The van der Waals surface area contributed by atoms with Crippen molar-refractivity contribution in [2.24, 2.45) is 0 Å². The van der Waals surface area contributed by atoms with E-state index in [4.69, 9.17) is 11.2 Å². The normalized spacial score (nSPS) is 11.2. The summed E-state index contributed by atoms with van der Waals surface area (Å²) in [5.74, 6) is 2.14. The summed E-state index contributed by atoms with van der Waals surface area (Å²) in [6.45, 7) is 0.153. The first-order valence-electron chi connectivity index (χ1n) is 7.61. The SMILES string of the molecule is C#CCOc1ccccc1/C=C(/CC(=O)O)c1nc2ccccc2s1. The summed E-state index contributed by atoms with van der Waals surface area (Å²) in [7, 11) is 0. The average Bonchev–Trinajstić information content (AvgIpc) is 3.04. The molecule has 3 aromatic rings. The van der Waals surface area contributed by atoms with Crippen molar-refractivity contribution in [1.29, 1.82) is 0 Å². The van der Waals surface area contributed by atoms with Crippen LogP contribution in [0.5, 0.6) is 5.75 Å². The highest BCUT2D eigenvalue weighted by molar-refractivity contribution is 7.19. The first kappa shape index (κ1) is 16.7. The molecule has 0 radical (unpaired) electrons. The van der Waals surface area contributed by atoms with E-state index in [-0.39, 0.29) is 13.0 Å². The van der Waals surface area contributed by atoms with E-state index in [2.05, 4.69) is 10.9 Å². The minimum Gasteiger partial charge on any atom is -0.481 e. The van der Waals surface area contributed by atoms with Gasteiger partial charge in [-0.1, -0.05) is 36.3 Å². The van der Waals surface area contributed by atoms with Crippen LogP contribution in [0.25, 0.3) is 21.9 Å².